The third-order valence-corrected chi connectivity index (χ3v) is 5.79. The molecule has 0 unspecified atom stereocenters. The lowest BCUT2D eigenvalue weighted by Crippen LogP contribution is -2.12. The lowest BCUT2D eigenvalue weighted by atomic mass is 10.3. The van der Waals surface area contributed by atoms with Crippen LogP contribution in [-0.4, -0.2) is 22.2 Å². The van der Waals surface area contributed by atoms with Gasteiger partial charge in [0.15, 0.2) is 16.3 Å². The van der Waals surface area contributed by atoms with Gasteiger partial charge in [-0.1, -0.05) is 22.7 Å². The molecular weight excluding hydrogens is 378 g/mol. The molecule has 1 amide bonds. The number of thiophene rings is 1. The van der Waals surface area contributed by atoms with Crippen molar-refractivity contribution in [3.63, 3.8) is 0 Å². The Morgan fingerprint density at radius 2 is 2.08 bits per heavy atom. The van der Waals surface area contributed by atoms with Gasteiger partial charge in [0, 0.05) is 36.2 Å². The number of rotatable bonds is 3. The molecule has 8 nitrogen and oxygen atoms in total. The molecule has 132 valence electrons. The molecule has 1 aliphatic rings. The number of aryl methyl sites for hydroxylation is 1. The summed E-state index contributed by atoms with van der Waals surface area (Å²) in [5.41, 5.74) is 0.892. The summed E-state index contributed by atoms with van der Waals surface area (Å²) in [5.74, 6) is 0.905. The minimum Gasteiger partial charge on any atom is -0.454 e. The van der Waals surface area contributed by atoms with E-state index in [1.807, 2.05) is 23.7 Å². The van der Waals surface area contributed by atoms with Crippen molar-refractivity contribution in [1.29, 1.82) is 0 Å². The predicted octanol–water partition coefficient (Wildman–Crippen LogP) is 3.08. The molecule has 0 spiro atoms. The zero-order valence-electron chi connectivity index (χ0n) is 13.4. The van der Waals surface area contributed by atoms with E-state index in [9.17, 15) is 14.9 Å². The summed E-state index contributed by atoms with van der Waals surface area (Å²) in [6, 6.07) is 6.72. The Morgan fingerprint density at radius 3 is 2.81 bits per heavy atom. The summed E-state index contributed by atoms with van der Waals surface area (Å²) < 4.78 is 13.5. The molecule has 4 rings (SSSR count). The van der Waals surface area contributed by atoms with Crippen LogP contribution in [0.15, 0.2) is 35.3 Å². The maximum Gasteiger partial charge on any atom is 0.324 e. The Hall–Kier alpha value is -2.98. The summed E-state index contributed by atoms with van der Waals surface area (Å²) in [4.78, 5) is 27.6. The van der Waals surface area contributed by atoms with E-state index in [0.29, 0.717) is 21.2 Å². The Labute approximate surface area is 154 Å². The van der Waals surface area contributed by atoms with E-state index in [2.05, 4.69) is 4.99 Å². The molecule has 2 aromatic heterocycles. The van der Waals surface area contributed by atoms with Crippen LogP contribution in [0.5, 0.6) is 11.5 Å². The van der Waals surface area contributed by atoms with E-state index >= 15 is 0 Å². The minimum absolute atomic E-state index is 0.0300. The van der Waals surface area contributed by atoms with Crippen LogP contribution >= 0.6 is 22.7 Å². The summed E-state index contributed by atoms with van der Waals surface area (Å²) in [5, 5.41) is 10.7. The summed E-state index contributed by atoms with van der Waals surface area (Å²) in [6.45, 7) is 0.206. The molecule has 1 aromatic carbocycles. The van der Waals surface area contributed by atoms with E-state index in [0.717, 1.165) is 21.6 Å². The monoisotopic (exact) mass is 389 g/mol. The highest BCUT2D eigenvalue weighted by Crippen LogP contribution is 2.36. The van der Waals surface area contributed by atoms with E-state index < -0.39 is 10.8 Å². The maximum atomic E-state index is 12.1. The van der Waals surface area contributed by atoms with Crippen molar-refractivity contribution in [2.75, 3.05) is 6.79 Å². The molecule has 0 radical (unpaired) electrons. The second-order valence-electron chi connectivity index (χ2n) is 5.33. The average molecular weight is 389 g/mol. The molecule has 3 heterocycles. The van der Waals surface area contributed by atoms with Crippen molar-refractivity contribution >= 4 is 49.9 Å². The Morgan fingerprint density at radius 1 is 1.31 bits per heavy atom. The number of carbonyl (C=O) groups excluding carboxylic acids is 1. The van der Waals surface area contributed by atoms with Crippen LogP contribution in [-0.2, 0) is 11.8 Å². The van der Waals surface area contributed by atoms with E-state index in [1.165, 1.54) is 29.6 Å². The molecular formula is C16H11N3O5S2. The molecule has 1 aliphatic heterocycles. The number of nitrogens with zero attached hydrogens (tertiary/aromatic N) is 3. The number of ether oxygens (including phenoxy) is 2. The van der Waals surface area contributed by atoms with Crippen LogP contribution in [0.1, 0.15) is 4.88 Å². The van der Waals surface area contributed by atoms with Crippen molar-refractivity contribution < 1.29 is 19.2 Å². The smallest absolute Gasteiger partial charge is 0.324 e. The van der Waals surface area contributed by atoms with Gasteiger partial charge >= 0.3 is 5.00 Å². The van der Waals surface area contributed by atoms with Crippen LogP contribution in [0.4, 0.5) is 5.00 Å². The van der Waals surface area contributed by atoms with Crippen molar-refractivity contribution in [2.24, 2.45) is 12.0 Å². The fourth-order valence-corrected chi connectivity index (χ4v) is 4.20. The third kappa shape index (κ3) is 3.00. The van der Waals surface area contributed by atoms with Gasteiger partial charge in [-0.2, -0.15) is 4.99 Å². The highest BCUT2D eigenvalue weighted by Gasteiger charge is 2.16. The SMILES string of the molecule is Cn1c(=NC(=O)C=Cc2ccc([N+](=O)[O-])s2)sc2cc3c(cc21)OCO3. The number of nitro groups is 1. The van der Waals surface area contributed by atoms with E-state index in [-0.39, 0.29) is 11.8 Å². The van der Waals surface area contributed by atoms with Crippen LogP contribution in [0.25, 0.3) is 16.3 Å². The number of hydrogen-bond acceptors (Lipinski definition) is 7. The fourth-order valence-electron chi connectivity index (χ4n) is 2.44. The summed E-state index contributed by atoms with van der Waals surface area (Å²) in [7, 11) is 1.82. The molecule has 10 heteroatoms. The number of thiazole rings is 1. The van der Waals surface area contributed by atoms with Crippen LogP contribution in [0, 0.1) is 10.1 Å². The van der Waals surface area contributed by atoms with Gasteiger partial charge in [0.25, 0.3) is 5.91 Å². The first-order chi connectivity index (χ1) is 12.5. The second-order valence-corrected chi connectivity index (χ2v) is 7.44. The lowest BCUT2D eigenvalue weighted by molar-refractivity contribution is -0.380. The molecule has 0 saturated carbocycles. The van der Waals surface area contributed by atoms with Gasteiger partial charge in [-0.05, 0) is 12.1 Å². The largest absolute Gasteiger partial charge is 0.454 e. The Kier molecular flexibility index (Phi) is 4.05. The molecule has 0 bridgehead atoms. The van der Waals surface area contributed by atoms with Gasteiger partial charge in [-0.15, -0.1) is 0 Å². The van der Waals surface area contributed by atoms with Crippen LogP contribution in [0.2, 0.25) is 0 Å². The molecule has 3 aromatic rings. The average Bonchev–Trinajstić information content (AvgIpc) is 3.31. The molecule has 0 N–H and O–H groups in total. The predicted molar refractivity (Wildman–Crippen MR) is 97.5 cm³/mol. The fraction of sp³-hybridized carbons (Fsp3) is 0.125. The minimum atomic E-state index is -0.462. The Balaban J connectivity index is 1.62. The lowest BCUT2D eigenvalue weighted by Gasteiger charge is -1.97. The third-order valence-electron chi connectivity index (χ3n) is 3.69. The quantitative estimate of drug-likeness (QED) is 0.390. The van der Waals surface area contributed by atoms with Crippen molar-refractivity contribution in [2.45, 2.75) is 0 Å². The number of benzene rings is 1. The molecule has 0 atom stereocenters. The van der Waals surface area contributed by atoms with Gasteiger partial charge in [0.2, 0.25) is 6.79 Å². The molecule has 0 aliphatic carbocycles. The first-order valence-electron chi connectivity index (χ1n) is 7.41. The molecule has 0 fully saturated rings. The molecule has 26 heavy (non-hydrogen) atoms. The van der Waals surface area contributed by atoms with Crippen LogP contribution < -0.4 is 14.3 Å². The standard InChI is InChI=1S/C16H11N3O5S2/c1-18-10-6-11-12(24-8-23-11)7-13(10)26-16(18)17-14(20)4-2-9-3-5-15(25-9)19(21)22/h2-7H,8H2,1H3. The Bertz CT molecular complexity index is 1140. The maximum absolute atomic E-state index is 12.1. The topological polar surface area (TPSA) is 96.0 Å². The first-order valence-corrected chi connectivity index (χ1v) is 9.05. The van der Waals surface area contributed by atoms with E-state index in [4.69, 9.17) is 9.47 Å². The highest BCUT2D eigenvalue weighted by atomic mass is 32.1. The number of amides is 1. The van der Waals surface area contributed by atoms with Crippen LogP contribution in [0.3, 0.4) is 0 Å². The normalized spacial score (nSPS) is 13.8. The zero-order chi connectivity index (χ0) is 18.3. The number of carbonyl (C=O) groups is 1. The van der Waals surface area contributed by atoms with Gasteiger partial charge < -0.3 is 14.0 Å². The van der Waals surface area contributed by atoms with Gasteiger partial charge in [-0.25, -0.2) is 0 Å². The molecule has 0 saturated heterocycles. The highest BCUT2D eigenvalue weighted by molar-refractivity contribution is 7.16. The van der Waals surface area contributed by atoms with Crippen molar-refractivity contribution in [3.05, 3.63) is 50.1 Å². The van der Waals surface area contributed by atoms with E-state index in [1.54, 1.807) is 6.07 Å². The number of fused-ring (bicyclic) bond motifs is 2. The number of hydrogen-bond donors (Lipinski definition) is 0. The summed E-state index contributed by atoms with van der Waals surface area (Å²) >= 11 is 2.37. The van der Waals surface area contributed by atoms with Gasteiger partial charge in [0.1, 0.15) is 0 Å². The van der Waals surface area contributed by atoms with Gasteiger partial charge in [-0.3, -0.25) is 14.9 Å². The van der Waals surface area contributed by atoms with Crippen molar-refractivity contribution in [1.82, 2.24) is 4.57 Å². The second kappa shape index (κ2) is 6.39. The van der Waals surface area contributed by atoms with Gasteiger partial charge in [0.05, 0.1) is 15.1 Å². The number of aromatic nitrogens is 1. The van der Waals surface area contributed by atoms with Crippen molar-refractivity contribution in [3.8, 4) is 11.5 Å². The summed E-state index contributed by atoms with van der Waals surface area (Å²) in [6.07, 6.45) is 2.82. The zero-order valence-corrected chi connectivity index (χ0v) is 15.0. The first kappa shape index (κ1) is 16.5.